The summed E-state index contributed by atoms with van der Waals surface area (Å²) in [5.41, 5.74) is 1.89. The van der Waals surface area contributed by atoms with Gasteiger partial charge in [0.15, 0.2) is 0 Å². The highest BCUT2D eigenvalue weighted by Crippen LogP contribution is 2.56. The quantitative estimate of drug-likeness (QED) is 0.558. The first-order valence-corrected chi connectivity index (χ1v) is 9.28. The minimum Gasteiger partial charge on any atom is -0.469 e. The Labute approximate surface area is 145 Å². The van der Waals surface area contributed by atoms with Crippen molar-refractivity contribution < 1.29 is 14.3 Å². The Bertz CT molecular complexity index is 602. The SMILES string of the molecule is C=C1CC2(CCC3C(C)=CCCC3(C)C(=O)OC)CC1CCC2=O. The average Bonchev–Trinajstić information content (AvgIpc) is 2.83. The molecule has 3 nitrogen and oxygen atoms in total. The smallest absolute Gasteiger partial charge is 0.312 e. The molecule has 4 unspecified atom stereocenters. The van der Waals surface area contributed by atoms with E-state index in [4.69, 9.17) is 4.74 Å². The molecule has 3 aliphatic rings. The summed E-state index contributed by atoms with van der Waals surface area (Å²) in [4.78, 5) is 25.1. The molecule has 0 radical (unpaired) electrons. The third kappa shape index (κ3) is 2.66. The van der Waals surface area contributed by atoms with Crippen LogP contribution in [0.2, 0.25) is 0 Å². The van der Waals surface area contributed by atoms with Gasteiger partial charge in [0, 0.05) is 11.8 Å². The fourth-order valence-corrected chi connectivity index (χ4v) is 5.55. The Kier molecular flexibility index (Phi) is 4.48. The second-order valence-corrected chi connectivity index (χ2v) is 8.47. The molecule has 3 heteroatoms. The first kappa shape index (κ1) is 17.4. The summed E-state index contributed by atoms with van der Waals surface area (Å²) in [5, 5.41) is 0. The van der Waals surface area contributed by atoms with E-state index in [9.17, 15) is 9.59 Å². The third-order valence-corrected chi connectivity index (χ3v) is 7.10. The lowest BCUT2D eigenvalue weighted by atomic mass is 9.62. The van der Waals surface area contributed by atoms with E-state index in [0.29, 0.717) is 18.1 Å². The van der Waals surface area contributed by atoms with E-state index in [0.717, 1.165) is 44.9 Å². The molecule has 0 aromatic rings. The van der Waals surface area contributed by atoms with Gasteiger partial charge >= 0.3 is 5.97 Å². The maximum absolute atomic E-state index is 12.7. The summed E-state index contributed by atoms with van der Waals surface area (Å²) in [7, 11) is 1.48. The van der Waals surface area contributed by atoms with Crippen molar-refractivity contribution in [1.29, 1.82) is 0 Å². The van der Waals surface area contributed by atoms with E-state index in [2.05, 4.69) is 19.6 Å². The zero-order valence-corrected chi connectivity index (χ0v) is 15.3. The predicted molar refractivity (Wildman–Crippen MR) is 94.4 cm³/mol. The molecule has 4 atom stereocenters. The molecule has 24 heavy (non-hydrogen) atoms. The number of methoxy groups -OCH3 is 1. The van der Waals surface area contributed by atoms with Crippen molar-refractivity contribution in [3.05, 3.63) is 23.8 Å². The zero-order valence-electron chi connectivity index (χ0n) is 15.3. The van der Waals surface area contributed by atoms with Gasteiger partial charge in [-0.2, -0.15) is 0 Å². The highest BCUT2D eigenvalue weighted by Gasteiger charge is 2.51. The minimum atomic E-state index is -0.461. The second kappa shape index (κ2) is 6.16. The van der Waals surface area contributed by atoms with Crippen LogP contribution in [0.25, 0.3) is 0 Å². The van der Waals surface area contributed by atoms with Gasteiger partial charge in [0.2, 0.25) is 0 Å². The van der Waals surface area contributed by atoms with Gasteiger partial charge in [0.05, 0.1) is 12.5 Å². The summed E-state index contributed by atoms with van der Waals surface area (Å²) in [6.45, 7) is 8.38. The van der Waals surface area contributed by atoms with Gasteiger partial charge in [-0.05, 0) is 70.6 Å². The summed E-state index contributed by atoms with van der Waals surface area (Å²) in [6.07, 6.45) is 9.32. The van der Waals surface area contributed by atoms with E-state index in [1.807, 2.05) is 6.92 Å². The van der Waals surface area contributed by atoms with Gasteiger partial charge in [0.1, 0.15) is 5.78 Å². The molecule has 0 heterocycles. The standard InChI is InChI=1S/C21H30O3/c1-14-6-5-10-20(3,19(23)24-4)17(14)9-11-21-12-15(2)16(13-21)7-8-18(21)22/h6,16-17H,2,5,7-13H2,1,3-4H3. The zero-order chi connectivity index (χ0) is 17.5. The van der Waals surface area contributed by atoms with Crippen LogP contribution in [0.15, 0.2) is 23.8 Å². The summed E-state index contributed by atoms with van der Waals surface area (Å²) in [5.74, 6) is 1.03. The number of rotatable bonds is 4. The lowest BCUT2D eigenvalue weighted by Gasteiger charge is -2.41. The van der Waals surface area contributed by atoms with Crippen LogP contribution in [0, 0.1) is 22.7 Å². The molecule has 3 aliphatic carbocycles. The van der Waals surface area contributed by atoms with Crippen LogP contribution in [0.1, 0.15) is 65.2 Å². The largest absolute Gasteiger partial charge is 0.469 e. The molecule has 0 spiro atoms. The molecule has 0 aromatic heterocycles. The van der Waals surface area contributed by atoms with E-state index in [1.54, 1.807) is 0 Å². The first-order valence-electron chi connectivity index (χ1n) is 9.28. The van der Waals surface area contributed by atoms with E-state index >= 15 is 0 Å². The number of Topliss-reactive ketones (excluding diaryl/α,β-unsaturated/α-hetero) is 1. The molecule has 0 aromatic carbocycles. The van der Waals surface area contributed by atoms with Crippen LogP contribution in [0.4, 0.5) is 0 Å². The maximum Gasteiger partial charge on any atom is 0.312 e. The van der Waals surface area contributed by atoms with Crippen LogP contribution in [0.3, 0.4) is 0 Å². The van der Waals surface area contributed by atoms with E-state index < -0.39 is 5.41 Å². The van der Waals surface area contributed by atoms with Gasteiger partial charge in [-0.1, -0.05) is 23.8 Å². The maximum atomic E-state index is 12.7. The molecule has 0 N–H and O–H groups in total. The summed E-state index contributed by atoms with van der Waals surface area (Å²) in [6, 6.07) is 0. The molecular formula is C21H30O3. The molecule has 2 fully saturated rings. The normalized spacial score (nSPS) is 38.9. The van der Waals surface area contributed by atoms with E-state index in [1.165, 1.54) is 18.3 Å². The number of ether oxygens (including phenoxy) is 1. The Morgan fingerprint density at radius 3 is 2.92 bits per heavy atom. The number of esters is 1. The molecule has 0 amide bonds. The Balaban J connectivity index is 1.80. The van der Waals surface area contributed by atoms with Gasteiger partial charge in [0.25, 0.3) is 0 Å². The highest BCUT2D eigenvalue weighted by molar-refractivity contribution is 5.87. The summed E-state index contributed by atoms with van der Waals surface area (Å²) < 4.78 is 5.11. The number of fused-ring (bicyclic) bond motifs is 2. The molecule has 2 saturated carbocycles. The van der Waals surface area contributed by atoms with Crippen LogP contribution < -0.4 is 0 Å². The Hall–Kier alpha value is -1.38. The molecule has 3 rings (SSSR count). The topological polar surface area (TPSA) is 43.4 Å². The average molecular weight is 330 g/mol. The number of hydrogen-bond acceptors (Lipinski definition) is 3. The number of carbonyl (C=O) groups is 2. The molecule has 2 bridgehead atoms. The highest BCUT2D eigenvalue weighted by atomic mass is 16.5. The number of hydrogen-bond donors (Lipinski definition) is 0. The van der Waals surface area contributed by atoms with Crippen molar-refractivity contribution in [2.45, 2.75) is 65.2 Å². The van der Waals surface area contributed by atoms with Gasteiger partial charge in [-0.25, -0.2) is 0 Å². The van der Waals surface area contributed by atoms with Gasteiger partial charge in [-0.15, -0.1) is 0 Å². The lowest BCUT2D eigenvalue weighted by molar-refractivity contribution is -0.155. The number of allylic oxidation sites excluding steroid dienone is 3. The Morgan fingerprint density at radius 2 is 2.21 bits per heavy atom. The summed E-state index contributed by atoms with van der Waals surface area (Å²) >= 11 is 0. The molecule has 0 aliphatic heterocycles. The number of carbonyl (C=O) groups excluding carboxylic acids is 2. The fourth-order valence-electron chi connectivity index (χ4n) is 5.55. The fraction of sp³-hybridized carbons (Fsp3) is 0.714. The second-order valence-electron chi connectivity index (χ2n) is 8.47. The van der Waals surface area contributed by atoms with Gasteiger partial charge < -0.3 is 4.74 Å². The van der Waals surface area contributed by atoms with E-state index in [-0.39, 0.29) is 17.3 Å². The van der Waals surface area contributed by atoms with Crippen LogP contribution >= 0.6 is 0 Å². The number of ketones is 1. The van der Waals surface area contributed by atoms with Gasteiger partial charge in [-0.3, -0.25) is 9.59 Å². The van der Waals surface area contributed by atoms with Crippen molar-refractivity contribution in [3.8, 4) is 0 Å². The Morgan fingerprint density at radius 1 is 1.46 bits per heavy atom. The van der Waals surface area contributed by atoms with Crippen LogP contribution in [0.5, 0.6) is 0 Å². The van der Waals surface area contributed by atoms with Crippen molar-refractivity contribution in [2.75, 3.05) is 7.11 Å². The lowest BCUT2D eigenvalue weighted by Crippen LogP contribution is -2.41. The predicted octanol–water partition coefficient (Wildman–Crippen LogP) is 4.62. The minimum absolute atomic E-state index is 0.110. The van der Waals surface area contributed by atoms with Crippen molar-refractivity contribution in [3.63, 3.8) is 0 Å². The molecule has 0 saturated heterocycles. The first-order chi connectivity index (χ1) is 11.3. The van der Waals surface area contributed by atoms with Crippen molar-refractivity contribution in [2.24, 2.45) is 22.7 Å². The van der Waals surface area contributed by atoms with Crippen LogP contribution in [-0.4, -0.2) is 18.9 Å². The molecule has 132 valence electrons. The van der Waals surface area contributed by atoms with Crippen molar-refractivity contribution in [1.82, 2.24) is 0 Å². The van der Waals surface area contributed by atoms with Crippen molar-refractivity contribution >= 4 is 11.8 Å². The molecular weight excluding hydrogens is 300 g/mol. The third-order valence-electron chi connectivity index (χ3n) is 7.10. The van der Waals surface area contributed by atoms with Crippen LogP contribution in [-0.2, 0) is 14.3 Å². The monoisotopic (exact) mass is 330 g/mol.